The molecule has 3 N–H and O–H groups in total. The number of Topliss-reactive ketones (excluding diaryl/α,β-unsaturated/α-hetero) is 1. The molecule has 21 heavy (non-hydrogen) atoms. The van der Waals surface area contributed by atoms with Crippen molar-refractivity contribution in [1.82, 2.24) is 0 Å². The third kappa shape index (κ3) is 2.90. The first kappa shape index (κ1) is 14.7. The zero-order valence-electron chi connectivity index (χ0n) is 12.8. The minimum atomic E-state index is -0.389. The number of nitrogens with two attached hydrogens (primary N) is 1. The number of carbonyl (C=O) groups is 1. The van der Waals surface area contributed by atoms with Crippen LogP contribution in [0.4, 0.5) is 0 Å². The Morgan fingerprint density at radius 2 is 2.19 bits per heavy atom. The fourth-order valence-corrected chi connectivity index (χ4v) is 3.96. The molecule has 2 aliphatic rings. The summed E-state index contributed by atoms with van der Waals surface area (Å²) in [7, 11) is 0. The van der Waals surface area contributed by atoms with E-state index in [1.54, 1.807) is 6.92 Å². The van der Waals surface area contributed by atoms with Gasteiger partial charge in [-0.2, -0.15) is 0 Å². The summed E-state index contributed by atoms with van der Waals surface area (Å²) in [4.78, 5) is 11.6. The molecule has 0 radical (unpaired) electrons. The molecule has 0 aliphatic heterocycles. The zero-order valence-corrected chi connectivity index (χ0v) is 12.8. The Balaban J connectivity index is 1.77. The minimum absolute atomic E-state index is 0.0781. The third-order valence-electron chi connectivity index (χ3n) is 5.46. The SMILES string of the molecule is CC(=O)[C@H]1CCc2cc([C@H]3CC[C@](N)(CO)C3)ccc2C1. The average molecular weight is 287 g/mol. The second kappa shape index (κ2) is 5.54. The molecule has 114 valence electrons. The molecular formula is C18H25NO2. The lowest BCUT2D eigenvalue weighted by molar-refractivity contribution is -0.121. The number of aryl methyl sites for hydroxylation is 1. The van der Waals surface area contributed by atoms with Gasteiger partial charge in [0, 0.05) is 11.5 Å². The van der Waals surface area contributed by atoms with Gasteiger partial charge in [-0.25, -0.2) is 0 Å². The van der Waals surface area contributed by atoms with Crippen LogP contribution in [0.15, 0.2) is 18.2 Å². The van der Waals surface area contributed by atoms with Gasteiger partial charge in [-0.15, -0.1) is 0 Å². The Bertz CT molecular complexity index is 554. The molecule has 3 rings (SSSR count). The molecule has 0 aromatic heterocycles. The number of benzene rings is 1. The van der Waals surface area contributed by atoms with Crippen LogP contribution in [-0.4, -0.2) is 23.0 Å². The highest BCUT2D eigenvalue weighted by Gasteiger charge is 2.36. The topological polar surface area (TPSA) is 63.3 Å². The van der Waals surface area contributed by atoms with Crippen LogP contribution in [-0.2, 0) is 17.6 Å². The van der Waals surface area contributed by atoms with E-state index in [9.17, 15) is 9.90 Å². The van der Waals surface area contributed by atoms with Crippen molar-refractivity contribution in [3.63, 3.8) is 0 Å². The normalized spacial score (nSPS) is 32.0. The van der Waals surface area contributed by atoms with Crippen LogP contribution < -0.4 is 5.73 Å². The third-order valence-corrected chi connectivity index (χ3v) is 5.46. The number of fused-ring (bicyclic) bond motifs is 1. The molecule has 3 heteroatoms. The number of hydrogen-bond donors (Lipinski definition) is 2. The van der Waals surface area contributed by atoms with E-state index in [1.807, 2.05) is 0 Å². The van der Waals surface area contributed by atoms with E-state index in [0.29, 0.717) is 11.7 Å². The molecule has 0 bridgehead atoms. The highest BCUT2D eigenvalue weighted by atomic mass is 16.3. The lowest BCUT2D eigenvalue weighted by atomic mass is 9.80. The van der Waals surface area contributed by atoms with E-state index < -0.39 is 0 Å². The van der Waals surface area contributed by atoms with Crippen LogP contribution in [0.3, 0.4) is 0 Å². The first-order chi connectivity index (χ1) is 10.0. The fraction of sp³-hybridized carbons (Fsp3) is 0.611. The van der Waals surface area contributed by atoms with E-state index >= 15 is 0 Å². The highest BCUT2D eigenvalue weighted by molar-refractivity contribution is 5.79. The number of aliphatic hydroxyl groups is 1. The summed E-state index contributed by atoms with van der Waals surface area (Å²) < 4.78 is 0. The zero-order chi connectivity index (χ0) is 15.0. The van der Waals surface area contributed by atoms with Gasteiger partial charge in [-0.3, -0.25) is 4.79 Å². The predicted molar refractivity (Wildman–Crippen MR) is 83.2 cm³/mol. The Labute approximate surface area is 126 Å². The van der Waals surface area contributed by atoms with Crippen molar-refractivity contribution in [2.24, 2.45) is 11.7 Å². The molecule has 0 unspecified atom stereocenters. The minimum Gasteiger partial charge on any atom is -0.394 e. The number of carbonyl (C=O) groups excluding carboxylic acids is 1. The molecule has 3 nitrogen and oxygen atoms in total. The van der Waals surface area contributed by atoms with E-state index in [1.165, 1.54) is 16.7 Å². The van der Waals surface area contributed by atoms with Crippen molar-refractivity contribution >= 4 is 5.78 Å². The summed E-state index contributed by atoms with van der Waals surface area (Å²) in [5.41, 5.74) is 9.90. The van der Waals surface area contributed by atoms with Crippen LogP contribution in [0, 0.1) is 5.92 Å². The van der Waals surface area contributed by atoms with Gasteiger partial charge in [-0.05, 0) is 68.1 Å². The maximum absolute atomic E-state index is 11.6. The van der Waals surface area contributed by atoms with Crippen LogP contribution >= 0.6 is 0 Å². The monoisotopic (exact) mass is 287 g/mol. The molecule has 1 saturated carbocycles. The second-order valence-corrected chi connectivity index (χ2v) is 7.04. The smallest absolute Gasteiger partial charge is 0.133 e. The first-order valence-electron chi connectivity index (χ1n) is 8.03. The summed E-state index contributed by atoms with van der Waals surface area (Å²) in [6, 6.07) is 6.73. The van der Waals surface area contributed by atoms with E-state index in [4.69, 9.17) is 5.73 Å². The van der Waals surface area contributed by atoms with Crippen LogP contribution in [0.2, 0.25) is 0 Å². The van der Waals surface area contributed by atoms with Gasteiger partial charge in [0.25, 0.3) is 0 Å². The van der Waals surface area contributed by atoms with Crippen molar-refractivity contribution in [2.45, 2.75) is 56.9 Å². The Hall–Kier alpha value is -1.19. The van der Waals surface area contributed by atoms with Crippen molar-refractivity contribution in [1.29, 1.82) is 0 Å². The van der Waals surface area contributed by atoms with Gasteiger partial charge in [0.05, 0.1) is 6.61 Å². The van der Waals surface area contributed by atoms with Crippen LogP contribution in [0.25, 0.3) is 0 Å². The molecule has 0 amide bonds. The molecule has 1 aromatic rings. The Kier molecular flexibility index (Phi) is 3.89. The maximum atomic E-state index is 11.6. The van der Waals surface area contributed by atoms with Gasteiger partial charge >= 0.3 is 0 Å². The number of rotatable bonds is 3. The van der Waals surface area contributed by atoms with Gasteiger partial charge in [0.1, 0.15) is 5.78 Å². The van der Waals surface area contributed by atoms with Gasteiger partial charge in [0.15, 0.2) is 0 Å². The van der Waals surface area contributed by atoms with Crippen molar-refractivity contribution < 1.29 is 9.90 Å². The second-order valence-electron chi connectivity index (χ2n) is 7.04. The summed E-state index contributed by atoms with van der Waals surface area (Å²) >= 11 is 0. The molecule has 0 spiro atoms. The maximum Gasteiger partial charge on any atom is 0.133 e. The summed E-state index contributed by atoms with van der Waals surface area (Å²) in [5.74, 6) is 0.996. The van der Waals surface area contributed by atoms with E-state index in [-0.39, 0.29) is 18.1 Å². The predicted octanol–water partition coefficient (Wildman–Crippen LogP) is 2.34. The van der Waals surface area contributed by atoms with Crippen LogP contribution in [0.1, 0.15) is 55.2 Å². The fourth-order valence-electron chi connectivity index (χ4n) is 3.96. The Morgan fingerprint density at radius 3 is 2.86 bits per heavy atom. The van der Waals surface area contributed by atoms with Gasteiger partial charge in [0.2, 0.25) is 0 Å². The van der Waals surface area contributed by atoms with Crippen molar-refractivity contribution in [3.8, 4) is 0 Å². The number of aliphatic hydroxyl groups excluding tert-OH is 1. The summed E-state index contributed by atoms with van der Waals surface area (Å²) in [6.07, 6.45) is 5.72. The highest BCUT2D eigenvalue weighted by Crippen LogP contribution is 2.40. The van der Waals surface area contributed by atoms with E-state index in [0.717, 1.165) is 38.5 Å². The molecule has 1 fully saturated rings. The Morgan fingerprint density at radius 1 is 1.38 bits per heavy atom. The lowest BCUT2D eigenvalue weighted by Gasteiger charge is -2.25. The molecule has 0 heterocycles. The van der Waals surface area contributed by atoms with E-state index in [2.05, 4.69) is 18.2 Å². The number of hydrogen-bond acceptors (Lipinski definition) is 3. The standard InChI is InChI=1S/C18H25NO2/c1-12(21)13-2-3-15-9-16(5-4-14(15)8-13)17-6-7-18(19,10-17)11-20/h4-5,9,13,17,20H,2-3,6-8,10-11,19H2,1H3/t13-,17-,18+/m0/s1. The average Bonchev–Trinajstić information content (AvgIpc) is 2.89. The van der Waals surface area contributed by atoms with Gasteiger partial charge < -0.3 is 10.8 Å². The summed E-state index contributed by atoms with van der Waals surface area (Å²) in [5, 5.41) is 9.41. The molecule has 1 aromatic carbocycles. The summed E-state index contributed by atoms with van der Waals surface area (Å²) in [6.45, 7) is 1.78. The molecule has 2 aliphatic carbocycles. The molecular weight excluding hydrogens is 262 g/mol. The van der Waals surface area contributed by atoms with Gasteiger partial charge in [-0.1, -0.05) is 18.2 Å². The van der Waals surface area contributed by atoms with Crippen molar-refractivity contribution in [3.05, 3.63) is 34.9 Å². The van der Waals surface area contributed by atoms with Crippen LogP contribution in [0.5, 0.6) is 0 Å². The first-order valence-corrected chi connectivity index (χ1v) is 8.03. The molecule has 0 saturated heterocycles. The number of ketones is 1. The van der Waals surface area contributed by atoms with Crippen molar-refractivity contribution in [2.75, 3.05) is 6.61 Å². The quantitative estimate of drug-likeness (QED) is 0.897. The largest absolute Gasteiger partial charge is 0.394 e. The molecule has 3 atom stereocenters. The lowest BCUT2D eigenvalue weighted by Crippen LogP contribution is -2.40.